The second kappa shape index (κ2) is 7.67. The minimum atomic E-state index is 0.190. The number of aromatic nitrogens is 4. The summed E-state index contributed by atoms with van der Waals surface area (Å²) in [5, 5.41) is 10.4. The minimum Gasteiger partial charge on any atom is -0.300 e. The predicted octanol–water partition coefficient (Wildman–Crippen LogP) is 3.41. The summed E-state index contributed by atoms with van der Waals surface area (Å²) in [6.45, 7) is 2.15. The maximum Gasteiger partial charge on any atom is 0.142 e. The van der Waals surface area contributed by atoms with E-state index in [-0.39, 0.29) is 5.92 Å². The number of benzene rings is 1. The molecular weight excluding hydrogens is 362 g/mol. The summed E-state index contributed by atoms with van der Waals surface area (Å²) in [6.07, 6.45) is 10.3. The fourth-order valence-corrected chi connectivity index (χ4v) is 4.58. The first kappa shape index (κ1) is 18.4. The largest absolute Gasteiger partial charge is 0.300 e. The van der Waals surface area contributed by atoms with Gasteiger partial charge in [0.25, 0.3) is 0 Å². The molecule has 0 N–H and O–H groups in total. The number of carbonyl (C=O) groups excluding carboxylic acids is 1. The lowest BCUT2D eigenvalue weighted by Gasteiger charge is -2.41. The topological polar surface area (TPSA) is 63.9 Å². The van der Waals surface area contributed by atoms with Crippen LogP contribution in [0.4, 0.5) is 0 Å². The molecule has 2 aromatic heterocycles. The zero-order valence-electron chi connectivity index (χ0n) is 16.9. The first-order valence-electron chi connectivity index (χ1n) is 10.7. The highest BCUT2D eigenvalue weighted by molar-refractivity contribution is 5.88. The Kier molecular flexibility index (Phi) is 4.87. The third-order valence-corrected chi connectivity index (χ3v) is 6.61. The van der Waals surface area contributed by atoms with E-state index in [1.165, 1.54) is 19.3 Å². The number of likely N-dealkylation sites (tertiary alicyclic amines) is 1. The molecule has 0 spiro atoms. The lowest BCUT2D eigenvalue weighted by Crippen LogP contribution is -2.45. The Hall–Kier alpha value is -2.60. The average molecular weight is 390 g/mol. The second-order valence-electron chi connectivity index (χ2n) is 8.55. The van der Waals surface area contributed by atoms with Crippen LogP contribution < -0.4 is 0 Å². The minimum absolute atomic E-state index is 0.190. The van der Waals surface area contributed by atoms with Crippen LogP contribution in [0.5, 0.6) is 0 Å². The summed E-state index contributed by atoms with van der Waals surface area (Å²) >= 11 is 0. The van der Waals surface area contributed by atoms with Crippen LogP contribution in [-0.4, -0.2) is 49.8 Å². The van der Waals surface area contributed by atoms with E-state index in [4.69, 9.17) is 0 Å². The van der Waals surface area contributed by atoms with Gasteiger partial charge in [0.1, 0.15) is 11.5 Å². The van der Waals surface area contributed by atoms with Crippen LogP contribution >= 0.6 is 0 Å². The second-order valence-corrected chi connectivity index (χ2v) is 8.55. The quantitative estimate of drug-likeness (QED) is 0.669. The van der Waals surface area contributed by atoms with Crippen LogP contribution in [0.3, 0.4) is 0 Å². The highest BCUT2D eigenvalue weighted by Gasteiger charge is 2.31. The highest BCUT2D eigenvalue weighted by atomic mass is 16.1. The Bertz CT molecular complexity index is 1030. The van der Waals surface area contributed by atoms with Crippen molar-refractivity contribution in [1.29, 1.82) is 0 Å². The summed E-state index contributed by atoms with van der Waals surface area (Å²) in [5.41, 5.74) is 2.74. The van der Waals surface area contributed by atoms with E-state index in [1.807, 2.05) is 31.6 Å². The van der Waals surface area contributed by atoms with E-state index in [0.29, 0.717) is 12.2 Å². The Morgan fingerprint density at radius 3 is 2.62 bits per heavy atom. The number of carbonyl (C=O) groups is 1. The van der Waals surface area contributed by atoms with Gasteiger partial charge in [0.05, 0.1) is 6.20 Å². The fourth-order valence-electron chi connectivity index (χ4n) is 4.58. The van der Waals surface area contributed by atoms with Gasteiger partial charge in [-0.25, -0.2) is 0 Å². The molecule has 3 heterocycles. The van der Waals surface area contributed by atoms with E-state index >= 15 is 0 Å². The molecule has 0 bridgehead atoms. The molecule has 2 fully saturated rings. The average Bonchev–Trinajstić information content (AvgIpc) is 3.13. The van der Waals surface area contributed by atoms with Crippen LogP contribution in [0, 0.1) is 5.92 Å². The molecule has 0 unspecified atom stereocenters. The SMILES string of the molecule is Cn1cc(-c2ccc3cnc(CC(=O)C4CCN(C5CCC5)CC4)cc3c2)nn1. The highest BCUT2D eigenvalue weighted by Crippen LogP contribution is 2.30. The maximum atomic E-state index is 12.9. The van der Waals surface area contributed by atoms with Crippen molar-refractivity contribution >= 4 is 16.6 Å². The molecule has 1 aliphatic carbocycles. The molecule has 1 aliphatic heterocycles. The molecule has 5 rings (SSSR count). The number of aryl methyl sites for hydroxylation is 1. The van der Waals surface area contributed by atoms with Gasteiger partial charge in [-0.05, 0) is 56.3 Å². The molecule has 1 saturated carbocycles. The number of pyridine rings is 1. The lowest BCUT2D eigenvalue weighted by molar-refractivity contribution is -0.124. The zero-order chi connectivity index (χ0) is 19.8. The van der Waals surface area contributed by atoms with Gasteiger partial charge in [0.2, 0.25) is 0 Å². The summed E-state index contributed by atoms with van der Waals surface area (Å²) in [6, 6.07) is 9.03. The molecule has 0 radical (unpaired) electrons. The first-order valence-corrected chi connectivity index (χ1v) is 10.7. The van der Waals surface area contributed by atoms with Gasteiger partial charge in [-0.3, -0.25) is 14.5 Å². The van der Waals surface area contributed by atoms with Gasteiger partial charge in [-0.15, -0.1) is 5.10 Å². The number of rotatable bonds is 5. The third-order valence-electron chi connectivity index (χ3n) is 6.61. The Balaban J connectivity index is 1.28. The molecule has 1 saturated heterocycles. The van der Waals surface area contributed by atoms with Gasteiger partial charge < -0.3 is 4.90 Å². The normalized spacial score (nSPS) is 18.8. The van der Waals surface area contributed by atoms with Gasteiger partial charge in [-0.1, -0.05) is 23.8 Å². The molecule has 6 nitrogen and oxygen atoms in total. The first-order chi connectivity index (χ1) is 14.2. The number of Topliss-reactive ketones (excluding diaryl/α,β-unsaturated/α-hetero) is 1. The predicted molar refractivity (Wildman–Crippen MR) is 112 cm³/mol. The standard InChI is InChI=1S/C23H27N5O/c1-27-15-22(25-26-27)17-5-6-18-14-24-20(12-19(18)11-17)13-23(29)16-7-9-28(10-8-16)21-3-2-4-21/h5-6,11-12,14-16,21H,2-4,7-10,13H2,1H3. The fraction of sp³-hybridized carbons (Fsp3) is 0.478. The molecule has 6 heteroatoms. The molecule has 0 amide bonds. The van der Waals surface area contributed by atoms with Crippen molar-refractivity contribution in [3.8, 4) is 11.3 Å². The van der Waals surface area contributed by atoms with Crippen molar-refractivity contribution in [3.63, 3.8) is 0 Å². The smallest absolute Gasteiger partial charge is 0.142 e. The van der Waals surface area contributed by atoms with E-state index < -0.39 is 0 Å². The molecule has 0 atom stereocenters. The van der Waals surface area contributed by atoms with Gasteiger partial charge in [0.15, 0.2) is 0 Å². The molecule has 29 heavy (non-hydrogen) atoms. The molecular formula is C23H27N5O. The summed E-state index contributed by atoms with van der Waals surface area (Å²) in [5.74, 6) is 0.532. The van der Waals surface area contributed by atoms with Gasteiger partial charge >= 0.3 is 0 Å². The van der Waals surface area contributed by atoms with E-state index in [9.17, 15) is 4.79 Å². The summed E-state index contributed by atoms with van der Waals surface area (Å²) < 4.78 is 1.70. The van der Waals surface area contributed by atoms with Crippen LogP contribution in [0.1, 0.15) is 37.8 Å². The molecule has 150 valence electrons. The van der Waals surface area contributed by atoms with Gasteiger partial charge in [0, 0.05) is 48.3 Å². The number of hydrogen-bond acceptors (Lipinski definition) is 5. The number of hydrogen-bond donors (Lipinski definition) is 0. The van der Waals surface area contributed by atoms with Crippen molar-refractivity contribution in [1.82, 2.24) is 24.9 Å². The summed E-state index contributed by atoms with van der Waals surface area (Å²) in [7, 11) is 1.86. The lowest BCUT2D eigenvalue weighted by atomic mass is 9.85. The Labute approximate surface area is 170 Å². The van der Waals surface area contributed by atoms with Crippen molar-refractivity contribution < 1.29 is 4.79 Å². The Morgan fingerprint density at radius 1 is 1.10 bits per heavy atom. The van der Waals surface area contributed by atoms with Crippen LogP contribution in [0.25, 0.3) is 22.0 Å². The van der Waals surface area contributed by atoms with Crippen molar-refractivity contribution in [3.05, 3.63) is 42.4 Å². The zero-order valence-corrected chi connectivity index (χ0v) is 16.9. The molecule has 1 aromatic carbocycles. The van der Waals surface area contributed by atoms with Gasteiger partial charge in [-0.2, -0.15) is 0 Å². The van der Waals surface area contributed by atoms with Crippen molar-refractivity contribution in [2.75, 3.05) is 13.1 Å². The summed E-state index contributed by atoms with van der Waals surface area (Å²) in [4.78, 5) is 20.0. The monoisotopic (exact) mass is 389 g/mol. The van der Waals surface area contributed by atoms with Crippen LogP contribution in [0.2, 0.25) is 0 Å². The van der Waals surface area contributed by atoms with Crippen LogP contribution in [-0.2, 0) is 18.3 Å². The number of fused-ring (bicyclic) bond motifs is 1. The van der Waals surface area contributed by atoms with Crippen molar-refractivity contribution in [2.24, 2.45) is 13.0 Å². The van der Waals surface area contributed by atoms with E-state index in [0.717, 1.165) is 59.7 Å². The number of nitrogens with zero attached hydrogens (tertiary/aromatic N) is 5. The van der Waals surface area contributed by atoms with E-state index in [1.54, 1.807) is 4.68 Å². The Morgan fingerprint density at radius 2 is 1.93 bits per heavy atom. The number of ketones is 1. The maximum absolute atomic E-state index is 12.9. The van der Waals surface area contributed by atoms with Crippen LogP contribution in [0.15, 0.2) is 36.7 Å². The van der Waals surface area contributed by atoms with E-state index in [2.05, 4.69) is 32.3 Å². The molecule has 2 aliphatic rings. The molecule has 3 aromatic rings. The van der Waals surface area contributed by atoms with Crippen molar-refractivity contribution in [2.45, 2.75) is 44.6 Å². The third kappa shape index (κ3) is 3.81. The number of piperidine rings is 1.